The van der Waals surface area contributed by atoms with Crippen LogP contribution in [0.3, 0.4) is 0 Å². The summed E-state index contributed by atoms with van der Waals surface area (Å²) in [5.41, 5.74) is 2.69. The Morgan fingerprint density at radius 3 is 3.25 bits per heavy atom. The van der Waals surface area contributed by atoms with E-state index in [0.29, 0.717) is 5.92 Å². The third-order valence-corrected chi connectivity index (χ3v) is 4.07. The van der Waals surface area contributed by atoms with Crippen molar-refractivity contribution in [2.24, 2.45) is 0 Å². The highest BCUT2D eigenvalue weighted by molar-refractivity contribution is 5.76. The zero-order valence-corrected chi connectivity index (χ0v) is 11.6. The molecule has 4 nitrogen and oxygen atoms in total. The summed E-state index contributed by atoms with van der Waals surface area (Å²) in [4.78, 5) is 16.6. The second-order valence-electron chi connectivity index (χ2n) is 5.46. The van der Waals surface area contributed by atoms with Crippen LogP contribution in [0, 0.1) is 0 Å². The minimum Gasteiger partial charge on any atom is -0.408 e. The highest BCUT2D eigenvalue weighted by Gasteiger charge is 2.23. The summed E-state index contributed by atoms with van der Waals surface area (Å²) in [6.07, 6.45) is 5.33. The lowest BCUT2D eigenvalue weighted by Gasteiger charge is -2.32. The maximum Gasteiger partial charge on any atom is 0.417 e. The van der Waals surface area contributed by atoms with Crippen LogP contribution in [-0.4, -0.2) is 29.5 Å². The van der Waals surface area contributed by atoms with Gasteiger partial charge >= 0.3 is 5.76 Å². The second-order valence-corrected chi connectivity index (χ2v) is 5.46. The van der Waals surface area contributed by atoms with E-state index in [1.165, 1.54) is 6.42 Å². The number of hydrogen-bond acceptors (Lipinski definition) is 3. The van der Waals surface area contributed by atoms with E-state index < -0.39 is 0 Å². The average Bonchev–Trinajstić information content (AvgIpc) is 2.85. The molecule has 1 aromatic carbocycles. The monoisotopic (exact) mass is 272 g/mol. The second kappa shape index (κ2) is 5.67. The van der Waals surface area contributed by atoms with Crippen LogP contribution >= 0.6 is 0 Å². The number of aromatic nitrogens is 1. The standard InChI is InChI=1S/C16H20N2O2/c1-2-3-9-18-10-5-6-12(11-18)13-7-4-8-14-15(13)20-16(19)17-14/h2,4,7-8,12H,1,3,5-6,9-11H2,(H,17,19). The van der Waals surface area contributed by atoms with Crippen molar-refractivity contribution >= 4 is 11.1 Å². The first-order valence-electron chi connectivity index (χ1n) is 7.23. The lowest BCUT2D eigenvalue weighted by atomic mass is 9.90. The lowest BCUT2D eigenvalue weighted by Crippen LogP contribution is -2.34. The Morgan fingerprint density at radius 2 is 2.40 bits per heavy atom. The highest BCUT2D eigenvalue weighted by Crippen LogP contribution is 2.31. The number of aromatic amines is 1. The first-order valence-corrected chi connectivity index (χ1v) is 7.23. The Balaban J connectivity index is 1.86. The molecule has 1 aliphatic heterocycles. The number of fused-ring (bicyclic) bond motifs is 1. The molecular formula is C16H20N2O2. The maximum absolute atomic E-state index is 11.4. The molecule has 1 fully saturated rings. The zero-order valence-electron chi connectivity index (χ0n) is 11.6. The van der Waals surface area contributed by atoms with Gasteiger partial charge in [-0.1, -0.05) is 18.2 Å². The van der Waals surface area contributed by atoms with Crippen molar-refractivity contribution in [2.75, 3.05) is 19.6 Å². The highest BCUT2D eigenvalue weighted by atomic mass is 16.4. The topological polar surface area (TPSA) is 49.2 Å². The van der Waals surface area contributed by atoms with Crippen LogP contribution in [0.25, 0.3) is 11.1 Å². The molecular weight excluding hydrogens is 252 g/mol. The molecule has 1 aliphatic rings. The molecule has 4 heteroatoms. The Labute approximate surface area is 118 Å². The normalized spacial score (nSPS) is 20.3. The molecule has 106 valence electrons. The maximum atomic E-state index is 11.4. The van der Waals surface area contributed by atoms with E-state index in [4.69, 9.17) is 4.42 Å². The fourth-order valence-electron chi connectivity index (χ4n) is 3.10. The Bertz CT molecular complexity index is 656. The van der Waals surface area contributed by atoms with Crippen LogP contribution in [0.4, 0.5) is 0 Å². The molecule has 0 amide bonds. The summed E-state index contributed by atoms with van der Waals surface area (Å²) in [5, 5.41) is 0. The number of likely N-dealkylation sites (tertiary alicyclic amines) is 1. The van der Waals surface area contributed by atoms with Crippen molar-refractivity contribution in [3.05, 3.63) is 47.0 Å². The molecule has 1 saturated heterocycles. The molecule has 1 N–H and O–H groups in total. The van der Waals surface area contributed by atoms with E-state index in [1.54, 1.807) is 0 Å². The van der Waals surface area contributed by atoms with Gasteiger partial charge in [-0.25, -0.2) is 4.79 Å². The predicted molar refractivity (Wildman–Crippen MR) is 80.1 cm³/mol. The number of nitrogens with zero attached hydrogens (tertiary/aromatic N) is 1. The predicted octanol–water partition coefficient (Wildman–Crippen LogP) is 2.88. The van der Waals surface area contributed by atoms with E-state index in [0.717, 1.165) is 49.1 Å². The molecule has 0 saturated carbocycles. The van der Waals surface area contributed by atoms with Gasteiger partial charge in [0, 0.05) is 24.6 Å². The van der Waals surface area contributed by atoms with Gasteiger partial charge in [0.15, 0.2) is 5.58 Å². The zero-order chi connectivity index (χ0) is 13.9. The van der Waals surface area contributed by atoms with Crippen molar-refractivity contribution in [2.45, 2.75) is 25.2 Å². The molecule has 0 bridgehead atoms. The first kappa shape index (κ1) is 13.2. The number of rotatable bonds is 4. The summed E-state index contributed by atoms with van der Waals surface area (Å²) in [6, 6.07) is 5.97. The lowest BCUT2D eigenvalue weighted by molar-refractivity contribution is 0.211. The van der Waals surface area contributed by atoms with Crippen LogP contribution in [-0.2, 0) is 0 Å². The molecule has 1 aromatic heterocycles. The van der Waals surface area contributed by atoms with Crippen LogP contribution in [0.1, 0.15) is 30.7 Å². The van der Waals surface area contributed by atoms with Crippen LogP contribution in [0.15, 0.2) is 40.1 Å². The van der Waals surface area contributed by atoms with E-state index in [-0.39, 0.29) is 5.76 Å². The van der Waals surface area contributed by atoms with Gasteiger partial charge in [-0.15, -0.1) is 6.58 Å². The minimum atomic E-state index is -0.369. The van der Waals surface area contributed by atoms with Crippen molar-refractivity contribution in [1.29, 1.82) is 0 Å². The number of nitrogens with one attached hydrogen (secondary N) is 1. The van der Waals surface area contributed by atoms with Gasteiger partial charge in [-0.3, -0.25) is 4.98 Å². The van der Waals surface area contributed by atoms with Crippen LogP contribution < -0.4 is 5.76 Å². The molecule has 0 radical (unpaired) electrons. The van der Waals surface area contributed by atoms with Crippen molar-refractivity contribution in [3.63, 3.8) is 0 Å². The number of piperidine rings is 1. The number of hydrogen-bond donors (Lipinski definition) is 1. The van der Waals surface area contributed by atoms with Crippen LogP contribution in [0.5, 0.6) is 0 Å². The van der Waals surface area contributed by atoms with Gasteiger partial charge in [-0.2, -0.15) is 0 Å². The fourth-order valence-corrected chi connectivity index (χ4v) is 3.10. The molecule has 0 aliphatic carbocycles. The number of H-pyrrole nitrogens is 1. The van der Waals surface area contributed by atoms with Gasteiger partial charge in [0.1, 0.15) is 0 Å². The minimum absolute atomic E-state index is 0.369. The summed E-state index contributed by atoms with van der Waals surface area (Å²) >= 11 is 0. The van der Waals surface area contributed by atoms with E-state index in [1.807, 2.05) is 18.2 Å². The molecule has 3 rings (SSSR count). The summed E-state index contributed by atoms with van der Waals surface area (Å²) in [6.45, 7) is 7.03. The molecule has 20 heavy (non-hydrogen) atoms. The molecule has 1 atom stereocenters. The van der Waals surface area contributed by atoms with Crippen LogP contribution in [0.2, 0.25) is 0 Å². The molecule has 2 heterocycles. The van der Waals surface area contributed by atoms with Gasteiger partial charge in [0.25, 0.3) is 0 Å². The van der Waals surface area contributed by atoms with Gasteiger partial charge in [0.2, 0.25) is 0 Å². The smallest absolute Gasteiger partial charge is 0.408 e. The van der Waals surface area contributed by atoms with Crippen molar-refractivity contribution < 1.29 is 4.42 Å². The Kier molecular flexibility index (Phi) is 3.74. The molecule has 0 spiro atoms. The largest absolute Gasteiger partial charge is 0.417 e. The third kappa shape index (κ3) is 2.56. The number of oxazole rings is 1. The Hall–Kier alpha value is -1.81. The number of para-hydroxylation sites is 1. The Morgan fingerprint density at radius 1 is 1.50 bits per heavy atom. The first-order chi connectivity index (χ1) is 9.78. The third-order valence-electron chi connectivity index (χ3n) is 4.07. The summed E-state index contributed by atoms with van der Waals surface area (Å²) in [7, 11) is 0. The SMILES string of the molecule is C=CCCN1CCCC(c2cccc3[nH]c(=O)oc23)C1. The molecule has 1 unspecified atom stereocenters. The summed E-state index contributed by atoms with van der Waals surface area (Å²) < 4.78 is 5.32. The van der Waals surface area contributed by atoms with Gasteiger partial charge < -0.3 is 9.32 Å². The summed E-state index contributed by atoms with van der Waals surface area (Å²) in [5.74, 6) is 0.0722. The van der Waals surface area contributed by atoms with Crippen molar-refractivity contribution in [1.82, 2.24) is 9.88 Å². The van der Waals surface area contributed by atoms with E-state index in [9.17, 15) is 4.79 Å². The van der Waals surface area contributed by atoms with E-state index in [2.05, 4.69) is 22.5 Å². The van der Waals surface area contributed by atoms with Gasteiger partial charge in [0.05, 0.1) is 5.52 Å². The van der Waals surface area contributed by atoms with Gasteiger partial charge in [-0.05, 0) is 31.9 Å². The quantitative estimate of drug-likeness (QED) is 0.871. The molecule has 2 aromatic rings. The average molecular weight is 272 g/mol. The number of benzene rings is 1. The van der Waals surface area contributed by atoms with E-state index >= 15 is 0 Å². The fraction of sp³-hybridized carbons (Fsp3) is 0.438. The van der Waals surface area contributed by atoms with Crippen molar-refractivity contribution in [3.8, 4) is 0 Å².